The number of nitrogens with zero attached hydrogens (tertiary/aromatic N) is 1. The summed E-state index contributed by atoms with van der Waals surface area (Å²) < 4.78 is 44.2. The molecule has 2 unspecified atom stereocenters. The second-order valence-corrected chi connectivity index (χ2v) is 4.57. The number of likely N-dealkylation sites (N-methyl/N-ethyl adjacent to an activating group) is 1. The summed E-state index contributed by atoms with van der Waals surface area (Å²) in [5.41, 5.74) is 5.62. The van der Waals surface area contributed by atoms with E-state index in [-0.39, 0.29) is 6.04 Å². The van der Waals surface area contributed by atoms with Crippen LogP contribution in [0.4, 0.5) is 13.2 Å². The monoisotopic (exact) mass is 254 g/mol. The van der Waals surface area contributed by atoms with Gasteiger partial charge in [-0.15, -0.1) is 0 Å². The Labute approximate surface area is 100 Å². The zero-order valence-corrected chi connectivity index (χ0v) is 10.3. The number of ether oxygens (including phenoxy) is 1. The summed E-state index contributed by atoms with van der Waals surface area (Å²) in [6.07, 6.45) is -2.68. The van der Waals surface area contributed by atoms with E-state index in [1.807, 2.05) is 0 Å². The summed E-state index contributed by atoms with van der Waals surface area (Å²) in [5.74, 6) is 0. The van der Waals surface area contributed by atoms with Crippen LogP contribution in [-0.2, 0) is 4.74 Å². The number of alkyl halides is 3. The first-order valence-corrected chi connectivity index (χ1v) is 6.00. The van der Waals surface area contributed by atoms with Crippen LogP contribution in [0.5, 0.6) is 0 Å². The van der Waals surface area contributed by atoms with Crippen LogP contribution in [0.2, 0.25) is 0 Å². The lowest BCUT2D eigenvalue weighted by molar-refractivity contribution is -0.194. The third kappa shape index (κ3) is 3.82. The average Bonchev–Trinajstić information content (AvgIpc) is 2.28. The third-order valence-electron chi connectivity index (χ3n) is 3.42. The molecule has 1 saturated heterocycles. The minimum absolute atomic E-state index is 0.0898. The molecule has 0 aliphatic carbocycles. The Balaban J connectivity index is 2.74. The van der Waals surface area contributed by atoms with Crippen molar-refractivity contribution in [2.24, 2.45) is 5.73 Å². The molecule has 6 heteroatoms. The van der Waals surface area contributed by atoms with E-state index in [1.165, 1.54) is 11.9 Å². The molecule has 17 heavy (non-hydrogen) atoms. The van der Waals surface area contributed by atoms with Gasteiger partial charge in [0.1, 0.15) is 6.04 Å². The summed E-state index contributed by atoms with van der Waals surface area (Å²) >= 11 is 0. The molecule has 2 N–H and O–H groups in total. The smallest absolute Gasteiger partial charge is 0.381 e. The Bertz CT molecular complexity index is 229. The van der Waals surface area contributed by atoms with Crippen molar-refractivity contribution in [3.05, 3.63) is 0 Å². The lowest BCUT2D eigenvalue weighted by atomic mass is 9.99. The standard InChI is InChI=1S/C11H21F3N2O/c1-3-9(15)10(11(12,13)14)16(2)8-4-6-17-7-5-8/h8-10H,3-7,15H2,1-2H3. The van der Waals surface area contributed by atoms with E-state index in [4.69, 9.17) is 10.5 Å². The van der Waals surface area contributed by atoms with E-state index < -0.39 is 18.3 Å². The van der Waals surface area contributed by atoms with E-state index in [0.717, 1.165) is 0 Å². The van der Waals surface area contributed by atoms with Crippen LogP contribution in [0.1, 0.15) is 26.2 Å². The Kier molecular flexibility index (Phi) is 5.22. The highest BCUT2D eigenvalue weighted by Crippen LogP contribution is 2.30. The number of hydrogen-bond donors (Lipinski definition) is 1. The maximum absolute atomic E-state index is 13.0. The van der Waals surface area contributed by atoms with Crippen molar-refractivity contribution in [2.75, 3.05) is 20.3 Å². The number of rotatable bonds is 4. The predicted octanol–water partition coefficient (Wildman–Crippen LogP) is 1.77. The minimum atomic E-state index is -4.28. The zero-order valence-electron chi connectivity index (χ0n) is 10.3. The number of halogens is 3. The Morgan fingerprint density at radius 3 is 2.29 bits per heavy atom. The molecular weight excluding hydrogens is 233 g/mol. The van der Waals surface area contributed by atoms with Crippen molar-refractivity contribution in [1.29, 1.82) is 0 Å². The van der Waals surface area contributed by atoms with Crippen molar-refractivity contribution < 1.29 is 17.9 Å². The molecule has 0 amide bonds. The van der Waals surface area contributed by atoms with Crippen LogP contribution in [0.25, 0.3) is 0 Å². The quantitative estimate of drug-likeness (QED) is 0.831. The highest BCUT2D eigenvalue weighted by molar-refractivity contribution is 4.89. The molecule has 0 saturated carbocycles. The van der Waals surface area contributed by atoms with Gasteiger partial charge in [0.05, 0.1) is 0 Å². The molecule has 1 rings (SSSR count). The van der Waals surface area contributed by atoms with Gasteiger partial charge in [-0.1, -0.05) is 6.92 Å². The van der Waals surface area contributed by atoms with Gasteiger partial charge in [0.15, 0.2) is 0 Å². The third-order valence-corrected chi connectivity index (χ3v) is 3.42. The van der Waals surface area contributed by atoms with E-state index in [9.17, 15) is 13.2 Å². The topological polar surface area (TPSA) is 38.5 Å². The van der Waals surface area contributed by atoms with Crippen LogP contribution < -0.4 is 5.73 Å². The van der Waals surface area contributed by atoms with Gasteiger partial charge in [0.25, 0.3) is 0 Å². The fourth-order valence-corrected chi connectivity index (χ4v) is 2.32. The maximum Gasteiger partial charge on any atom is 0.405 e. The van der Waals surface area contributed by atoms with Crippen molar-refractivity contribution in [2.45, 2.75) is 50.5 Å². The van der Waals surface area contributed by atoms with Gasteiger partial charge in [-0.05, 0) is 26.3 Å². The number of nitrogens with two attached hydrogens (primary N) is 1. The second kappa shape index (κ2) is 6.02. The van der Waals surface area contributed by atoms with Crippen molar-refractivity contribution in [3.63, 3.8) is 0 Å². The van der Waals surface area contributed by atoms with E-state index in [1.54, 1.807) is 6.92 Å². The van der Waals surface area contributed by atoms with E-state index in [2.05, 4.69) is 0 Å². The first-order chi connectivity index (χ1) is 7.88. The van der Waals surface area contributed by atoms with Crippen molar-refractivity contribution >= 4 is 0 Å². The maximum atomic E-state index is 13.0. The molecule has 102 valence electrons. The molecule has 0 aromatic heterocycles. The normalized spacial score (nSPS) is 22.8. The molecule has 0 aromatic rings. The number of hydrogen-bond acceptors (Lipinski definition) is 3. The Morgan fingerprint density at radius 2 is 1.88 bits per heavy atom. The van der Waals surface area contributed by atoms with E-state index >= 15 is 0 Å². The van der Waals surface area contributed by atoms with Crippen LogP contribution in [0.15, 0.2) is 0 Å². The molecule has 0 spiro atoms. The largest absolute Gasteiger partial charge is 0.405 e. The summed E-state index contributed by atoms with van der Waals surface area (Å²) in [5, 5.41) is 0. The first-order valence-electron chi connectivity index (χ1n) is 6.00. The molecule has 1 aliphatic rings. The van der Waals surface area contributed by atoms with Crippen LogP contribution in [0.3, 0.4) is 0 Å². The molecule has 3 nitrogen and oxygen atoms in total. The molecule has 1 heterocycles. The molecule has 0 radical (unpaired) electrons. The molecule has 0 aromatic carbocycles. The van der Waals surface area contributed by atoms with Crippen molar-refractivity contribution in [3.8, 4) is 0 Å². The van der Waals surface area contributed by atoms with Gasteiger partial charge in [0, 0.05) is 25.3 Å². The van der Waals surface area contributed by atoms with Gasteiger partial charge >= 0.3 is 6.18 Å². The molecule has 0 bridgehead atoms. The highest BCUT2D eigenvalue weighted by atomic mass is 19.4. The van der Waals surface area contributed by atoms with Gasteiger partial charge in [0.2, 0.25) is 0 Å². The van der Waals surface area contributed by atoms with Crippen LogP contribution in [0, 0.1) is 0 Å². The summed E-state index contributed by atoms with van der Waals surface area (Å²) in [7, 11) is 1.52. The van der Waals surface area contributed by atoms with Crippen molar-refractivity contribution in [1.82, 2.24) is 4.90 Å². The predicted molar refractivity (Wildman–Crippen MR) is 59.7 cm³/mol. The summed E-state index contributed by atoms with van der Waals surface area (Å²) in [6.45, 7) is 2.74. The fraction of sp³-hybridized carbons (Fsp3) is 1.00. The second-order valence-electron chi connectivity index (χ2n) is 4.57. The highest BCUT2D eigenvalue weighted by Gasteiger charge is 2.47. The Hall–Kier alpha value is -0.330. The van der Waals surface area contributed by atoms with Crippen LogP contribution in [-0.4, -0.2) is 49.5 Å². The van der Waals surface area contributed by atoms with Crippen LogP contribution >= 0.6 is 0 Å². The lowest BCUT2D eigenvalue weighted by Crippen LogP contribution is -2.58. The molecule has 1 aliphatic heterocycles. The fourth-order valence-electron chi connectivity index (χ4n) is 2.32. The molecule has 1 fully saturated rings. The SMILES string of the molecule is CCC(N)C(N(C)C1CCOCC1)C(F)(F)F. The summed E-state index contributed by atoms with van der Waals surface area (Å²) in [6, 6.07) is -2.52. The van der Waals surface area contributed by atoms with Gasteiger partial charge < -0.3 is 10.5 Å². The van der Waals surface area contributed by atoms with Gasteiger partial charge in [-0.3, -0.25) is 4.90 Å². The zero-order chi connectivity index (χ0) is 13.1. The summed E-state index contributed by atoms with van der Waals surface area (Å²) in [4.78, 5) is 1.39. The molecular formula is C11H21F3N2O. The van der Waals surface area contributed by atoms with Gasteiger partial charge in [-0.25, -0.2) is 0 Å². The average molecular weight is 254 g/mol. The molecule has 2 atom stereocenters. The first kappa shape index (κ1) is 14.7. The van der Waals surface area contributed by atoms with E-state index in [0.29, 0.717) is 32.5 Å². The lowest BCUT2D eigenvalue weighted by Gasteiger charge is -2.40. The van der Waals surface area contributed by atoms with Gasteiger partial charge in [-0.2, -0.15) is 13.2 Å². The Morgan fingerprint density at radius 1 is 1.35 bits per heavy atom. The minimum Gasteiger partial charge on any atom is -0.381 e.